The number of amides is 2. The van der Waals surface area contributed by atoms with Crippen LogP contribution in [-0.2, 0) is 11.2 Å². The topological polar surface area (TPSA) is 116 Å². The second-order valence-electron chi connectivity index (χ2n) is 7.49. The number of ether oxygens (including phenoxy) is 1. The summed E-state index contributed by atoms with van der Waals surface area (Å²) < 4.78 is 5.43. The predicted octanol–water partition coefficient (Wildman–Crippen LogP) is 3.25. The Morgan fingerprint density at radius 1 is 1.06 bits per heavy atom. The number of carbonyl (C=O) groups is 1. The maximum Gasteiger partial charge on any atom is 0.326 e. The van der Waals surface area contributed by atoms with Crippen molar-refractivity contribution in [2.45, 2.75) is 13.3 Å². The molecule has 1 aromatic carbocycles. The summed E-state index contributed by atoms with van der Waals surface area (Å²) in [5, 5.41) is 14.1. The van der Waals surface area contributed by atoms with Crippen molar-refractivity contribution < 1.29 is 9.53 Å². The lowest BCUT2D eigenvalue weighted by Crippen LogP contribution is -2.38. The number of hydrogen-bond acceptors (Lipinski definition) is 8. The largest absolute Gasteiger partial charge is 0.378 e. The molecule has 34 heavy (non-hydrogen) atoms. The molecule has 0 bridgehead atoms. The van der Waals surface area contributed by atoms with Crippen LogP contribution in [-0.4, -0.2) is 58.9 Å². The minimum absolute atomic E-state index is 0.117. The number of nitrogens with one attached hydrogen (secondary N) is 4. The number of benzene rings is 1. The fraction of sp³-hybridized carbons (Fsp3) is 0.318. The molecule has 3 aromatic rings. The van der Waals surface area contributed by atoms with E-state index in [1.165, 1.54) is 4.88 Å². The van der Waals surface area contributed by atoms with Crippen molar-refractivity contribution in [3.63, 3.8) is 0 Å². The highest BCUT2D eigenvalue weighted by atomic mass is 32.1. The zero-order chi connectivity index (χ0) is 23.8. The average molecular weight is 499 g/mol. The van der Waals surface area contributed by atoms with Gasteiger partial charge in [-0.1, -0.05) is 24.3 Å². The van der Waals surface area contributed by atoms with Crippen LogP contribution in [0.1, 0.15) is 10.4 Å². The molecule has 0 saturated carbocycles. The van der Waals surface area contributed by atoms with Gasteiger partial charge in [-0.15, -0.1) is 11.3 Å². The van der Waals surface area contributed by atoms with E-state index in [4.69, 9.17) is 17.0 Å². The first kappa shape index (κ1) is 23.8. The Labute approximate surface area is 207 Å². The van der Waals surface area contributed by atoms with Crippen molar-refractivity contribution >= 4 is 58.2 Å². The SMILES string of the molecule is Cc1ccccc1NC(=O)Nc1nc(NC(=S)NCCc2cccs2)nc(N2CCOCC2)n1. The summed E-state index contributed by atoms with van der Waals surface area (Å²) in [6, 6.07) is 11.2. The molecule has 12 heteroatoms. The second-order valence-corrected chi connectivity index (χ2v) is 8.93. The van der Waals surface area contributed by atoms with Gasteiger partial charge in [-0.25, -0.2) is 4.79 Å². The Morgan fingerprint density at radius 2 is 1.82 bits per heavy atom. The fourth-order valence-corrected chi connectivity index (χ4v) is 4.15. The van der Waals surface area contributed by atoms with Gasteiger partial charge in [-0.3, -0.25) is 5.32 Å². The first-order valence-electron chi connectivity index (χ1n) is 10.9. The predicted molar refractivity (Wildman–Crippen MR) is 139 cm³/mol. The van der Waals surface area contributed by atoms with Crippen LogP contribution >= 0.6 is 23.6 Å². The highest BCUT2D eigenvalue weighted by Crippen LogP contribution is 2.17. The lowest BCUT2D eigenvalue weighted by Gasteiger charge is -2.27. The lowest BCUT2D eigenvalue weighted by molar-refractivity contribution is 0.122. The first-order valence-corrected chi connectivity index (χ1v) is 12.2. The van der Waals surface area contributed by atoms with Crippen LogP contribution < -0.4 is 26.2 Å². The van der Waals surface area contributed by atoms with Crippen LogP contribution in [0, 0.1) is 6.92 Å². The summed E-state index contributed by atoms with van der Waals surface area (Å²) in [5.74, 6) is 0.802. The molecule has 0 atom stereocenters. The minimum atomic E-state index is -0.448. The molecule has 1 fully saturated rings. The number of carbonyl (C=O) groups excluding carboxylic acids is 1. The summed E-state index contributed by atoms with van der Waals surface area (Å²) in [4.78, 5) is 29.1. The zero-order valence-corrected chi connectivity index (χ0v) is 20.3. The average Bonchev–Trinajstić information content (AvgIpc) is 3.34. The highest BCUT2D eigenvalue weighted by molar-refractivity contribution is 7.80. The van der Waals surface area contributed by atoms with Gasteiger partial charge in [0.25, 0.3) is 0 Å². The smallest absolute Gasteiger partial charge is 0.326 e. The van der Waals surface area contributed by atoms with E-state index >= 15 is 0 Å². The summed E-state index contributed by atoms with van der Waals surface area (Å²) in [7, 11) is 0. The Hall–Kier alpha value is -3.35. The number of anilines is 4. The van der Waals surface area contributed by atoms with Gasteiger partial charge in [-0.05, 0) is 48.6 Å². The van der Waals surface area contributed by atoms with E-state index in [1.54, 1.807) is 11.3 Å². The van der Waals surface area contributed by atoms with Gasteiger partial charge in [0.15, 0.2) is 5.11 Å². The molecule has 0 unspecified atom stereocenters. The molecule has 2 amide bonds. The van der Waals surface area contributed by atoms with Crippen LogP contribution in [0.3, 0.4) is 0 Å². The third-order valence-electron chi connectivity index (χ3n) is 5.00. The van der Waals surface area contributed by atoms with E-state index in [0.717, 1.165) is 12.0 Å². The van der Waals surface area contributed by atoms with Crippen LogP contribution in [0.5, 0.6) is 0 Å². The lowest BCUT2D eigenvalue weighted by atomic mass is 10.2. The molecule has 1 aliphatic rings. The summed E-state index contributed by atoms with van der Waals surface area (Å²) >= 11 is 7.12. The van der Waals surface area contributed by atoms with Crippen LogP contribution in [0.4, 0.5) is 28.3 Å². The number of thiocarbonyl (C=S) groups is 1. The second kappa shape index (κ2) is 11.7. The molecule has 4 N–H and O–H groups in total. The number of thiophene rings is 1. The van der Waals surface area contributed by atoms with E-state index in [-0.39, 0.29) is 11.9 Å². The van der Waals surface area contributed by atoms with Crippen molar-refractivity contribution in [3.05, 3.63) is 52.2 Å². The Kier molecular flexibility index (Phi) is 8.17. The van der Waals surface area contributed by atoms with Gasteiger partial charge >= 0.3 is 6.03 Å². The highest BCUT2D eigenvalue weighted by Gasteiger charge is 2.18. The molecule has 0 aliphatic carbocycles. The standard InChI is InChI=1S/C22H26N8O2S2/c1-15-5-2-3-7-17(15)24-21(31)28-18-25-19(27-20(26-18)30-10-12-32-13-11-30)29-22(33)23-9-8-16-6-4-14-34-16/h2-7,14H,8-13H2,1H3,(H4,23,24,25,26,27,28,29,31,33). The number of aromatic nitrogens is 3. The van der Waals surface area contributed by atoms with E-state index in [1.807, 2.05) is 47.5 Å². The normalized spacial score (nSPS) is 13.3. The van der Waals surface area contributed by atoms with Crippen LogP contribution in [0.15, 0.2) is 41.8 Å². The molecular weight excluding hydrogens is 472 g/mol. The van der Waals surface area contributed by atoms with Crippen molar-refractivity contribution in [1.82, 2.24) is 20.3 Å². The molecule has 1 aliphatic heterocycles. The van der Waals surface area contributed by atoms with Gasteiger partial charge in [0.2, 0.25) is 17.8 Å². The first-order chi connectivity index (χ1) is 16.6. The number of para-hydroxylation sites is 1. The van der Waals surface area contributed by atoms with E-state index in [0.29, 0.717) is 49.6 Å². The van der Waals surface area contributed by atoms with Gasteiger partial charge in [0.1, 0.15) is 0 Å². The molecule has 10 nitrogen and oxygen atoms in total. The number of urea groups is 1. The fourth-order valence-electron chi connectivity index (χ4n) is 3.25. The van der Waals surface area contributed by atoms with Crippen molar-refractivity contribution in [3.8, 4) is 0 Å². The van der Waals surface area contributed by atoms with Gasteiger partial charge in [-0.2, -0.15) is 15.0 Å². The van der Waals surface area contributed by atoms with Crippen molar-refractivity contribution in [2.24, 2.45) is 0 Å². The third kappa shape index (κ3) is 6.83. The summed E-state index contributed by atoms with van der Waals surface area (Å²) in [5.41, 5.74) is 1.65. The third-order valence-corrected chi connectivity index (χ3v) is 6.18. The van der Waals surface area contributed by atoms with Crippen molar-refractivity contribution in [2.75, 3.05) is 53.7 Å². The molecular formula is C22H26N8O2S2. The number of hydrogen-bond donors (Lipinski definition) is 4. The number of morpholine rings is 1. The maximum absolute atomic E-state index is 12.6. The number of aryl methyl sites for hydroxylation is 1. The van der Waals surface area contributed by atoms with Crippen molar-refractivity contribution in [1.29, 1.82) is 0 Å². The summed E-state index contributed by atoms with van der Waals surface area (Å²) in [6.07, 6.45) is 0.863. The molecule has 0 radical (unpaired) electrons. The maximum atomic E-state index is 12.6. The Balaban J connectivity index is 1.44. The molecule has 178 valence electrons. The van der Waals surface area contributed by atoms with Gasteiger partial charge in [0, 0.05) is 30.2 Å². The van der Waals surface area contributed by atoms with Crippen LogP contribution in [0.2, 0.25) is 0 Å². The summed E-state index contributed by atoms with van der Waals surface area (Å²) in [6.45, 7) is 5.03. The Morgan fingerprint density at radius 3 is 2.56 bits per heavy atom. The van der Waals surface area contributed by atoms with Gasteiger partial charge in [0.05, 0.1) is 13.2 Å². The quantitative estimate of drug-likeness (QED) is 0.364. The Bertz CT molecular complexity index is 1120. The number of rotatable bonds is 7. The van der Waals surface area contributed by atoms with Gasteiger partial charge < -0.3 is 25.6 Å². The molecule has 4 rings (SSSR count). The molecule has 1 saturated heterocycles. The minimum Gasteiger partial charge on any atom is -0.378 e. The van der Waals surface area contributed by atoms with Crippen LogP contribution in [0.25, 0.3) is 0 Å². The van der Waals surface area contributed by atoms with E-state index in [2.05, 4.69) is 42.3 Å². The molecule has 3 heterocycles. The molecule has 2 aromatic heterocycles. The zero-order valence-electron chi connectivity index (χ0n) is 18.7. The number of nitrogens with zero attached hydrogens (tertiary/aromatic N) is 4. The van der Waals surface area contributed by atoms with E-state index in [9.17, 15) is 4.79 Å². The monoisotopic (exact) mass is 498 g/mol. The van der Waals surface area contributed by atoms with E-state index < -0.39 is 6.03 Å². The molecule has 0 spiro atoms.